The first-order chi connectivity index (χ1) is 13.7. The monoisotopic (exact) mass is 405 g/mol. The van der Waals surface area contributed by atoms with Gasteiger partial charge in [0, 0.05) is 18.8 Å². The summed E-state index contributed by atoms with van der Waals surface area (Å²) in [5.41, 5.74) is 0.756. The Hall–Kier alpha value is -1.94. The molecule has 1 aromatic rings. The van der Waals surface area contributed by atoms with Crippen molar-refractivity contribution in [1.29, 1.82) is 0 Å². The van der Waals surface area contributed by atoms with E-state index in [-0.39, 0.29) is 19.1 Å². The Morgan fingerprint density at radius 3 is 2.69 bits per heavy atom. The SMILES string of the molecule is Cc1c(C(=O)N[C@H](C(=O)OCC2CCOCC2)C(C)(C)O)ccc2c1B(O)OC2. The molecule has 9 heteroatoms. The van der Waals surface area contributed by atoms with Crippen LogP contribution in [0.1, 0.15) is 48.2 Å². The molecule has 29 heavy (non-hydrogen) atoms. The summed E-state index contributed by atoms with van der Waals surface area (Å²) in [6.45, 7) is 6.40. The molecule has 0 aromatic heterocycles. The van der Waals surface area contributed by atoms with E-state index in [1.165, 1.54) is 13.8 Å². The number of nitrogens with one attached hydrogen (secondary N) is 1. The second-order valence-electron chi connectivity index (χ2n) is 8.22. The predicted molar refractivity (Wildman–Crippen MR) is 106 cm³/mol. The number of carbonyl (C=O) groups is 2. The lowest BCUT2D eigenvalue weighted by Gasteiger charge is -2.29. The molecule has 0 bridgehead atoms. The van der Waals surface area contributed by atoms with Crippen molar-refractivity contribution in [2.45, 2.75) is 51.9 Å². The largest absolute Gasteiger partial charge is 0.492 e. The van der Waals surface area contributed by atoms with Gasteiger partial charge in [0.15, 0.2) is 6.04 Å². The van der Waals surface area contributed by atoms with Crippen molar-refractivity contribution >= 4 is 24.5 Å². The van der Waals surface area contributed by atoms with Crippen LogP contribution in [-0.2, 0) is 25.5 Å². The molecule has 3 rings (SSSR count). The summed E-state index contributed by atoms with van der Waals surface area (Å²) >= 11 is 0. The summed E-state index contributed by atoms with van der Waals surface area (Å²) in [4.78, 5) is 25.5. The van der Waals surface area contributed by atoms with E-state index in [4.69, 9.17) is 14.1 Å². The fourth-order valence-electron chi connectivity index (χ4n) is 3.68. The van der Waals surface area contributed by atoms with Crippen molar-refractivity contribution in [3.63, 3.8) is 0 Å². The summed E-state index contributed by atoms with van der Waals surface area (Å²) in [5.74, 6) is -0.995. The van der Waals surface area contributed by atoms with Crippen LogP contribution < -0.4 is 10.8 Å². The zero-order valence-corrected chi connectivity index (χ0v) is 17.1. The average Bonchev–Trinajstić information content (AvgIpc) is 3.06. The minimum absolute atomic E-state index is 0.214. The molecule has 2 heterocycles. The minimum Gasteiger partial charge on any atom is -0.464 e. The van der Waals surface area contributed by atoms with Crippen molar-refractivity contribution in [3.05, 3.63) is 28.8 Å². The summed E-state index contributed by atoms with van der Waals surface area (Å²) in [5, 5.41) is 23.0. The number of carbonyl (C=O) groups excluding carboxylic acids is 2. The highest BCUT2D eigenvalue weighted by Crippen LogP contribution is 2.19. The zero-order valence-electron chi connectivity index (χ0n) is 17.1. The maximum atomic E-state index is 12.9. The fourth-order valence-corrected chi connectivity index (χ4v) is 3.68. The van der Waals surface area contributed by atoms with Gasteiger partial charge in [-0.2, -0.15) is 0 Å². The summed E-state index contributed by atoms with van der Waals surface area (Å²) in [7, 11) is -1.08. The second kappa shape index (κ2) is 8.83. The van der Waals surface area contributed by atoms with Gasteiger partial charge in [-0.1, -0.05) is 6.07 Å². The third-order valence-corrected chi connectivity index (χ3v) is 5.51. The molecule has 0 saturated carbocycles. The number of fused-ring (bicyclic) bond motifs is 1. The van der Waals surface area contributed by atoms with Crippen molar-refractivity contribution in [2.75, 3.05) is 19.8 Å². The normalized spacial score (nSPS) is 18.3. The second-order valence-corrected chi connectivity index (χ2v) is 8.22. The van der Waals surface area contributed by atoms with Gasteiger partial charge in [0.05, 0.1) is 18.8 Å². The van der Waals surface area contributed by atoms with Crippen molar-refractivity contribution < 1.29 is 33.8 Å². The third-order valence-electron chi connectivity index (χ3n) is 5.51. The molecule has 3 N–H and O–H groups in total. The predicted octanol–water partition coefficient (Wildman–Crippen LogP) is 0.0518. The first-order valence-electron chi connectivity index (χ1n) is 9.88. The van der Waals surface area contributed by atoms with Crippen molar-refractivity contribution in [2.24, 2.45) is 5.92 Å². The molecule has 8 nitrogen and oxygen atoms in total. The van der Waals surface area contributed by atoms with Gasteiger partial charge in [-0.05, 0) is 62.2 Å². The lowest BCUT2D eigenvalue weighted by atomic mass is 9.75. The number of hydrogen-bond donors (Lipinski definition) is 3. The molecular formula is C20H28BNO7. The molecule has 1 aromatic carbocycles. The molecule has 0 radical (unpaired) electrons. The molecule has 1 fully saturated rings. The molecule has 0 spiro atoms. The Labute approximate surface area is 170 Å². The van der Waals surface area contributed by atoms with Crippen molar-refractivity contribution in [1.82, 2.24) is 5.32 Å². The van der Waals surface area contributed by atoms with Gasteiger partial charge < -0.3 is 29.6 Å². The maximum absolute atomic E-state index is 12.9. The van der Waals surface area contributed by atoms with Crippen LogP contribution in [0, 0.1) is 12.8 Å². The van der Waals surface area contributed by atoms with E-state index in [1.54, 1.807) is 19.1 Å². The first kappa shape index (κ1) is 21.8. The van der Waals surface area contributed by atoms with Crippen LogP contribution in [0.4, 0.5) is 0 Å². The molecule has 2 aliphatic rings. The van der Waals surface area contributed by atoms with Crippen LogP contribution in [0.2, 0.25) is 0 Å². The lowest BCUT2D eigenvalue weighted by Crippen LogP contribution is -2.55. The number of benzene rings is 1. The lowest BCUT2D eigenvalue weighted by molar-refractivity contribution is -0.154. The van der Waals surface area contributed by atoms with Crippen LogP contribution >= 0.6 is 0 Å². The molecule has 1 amide bonds. The van der Waals surface area contributed by atoms with Gasteiger partial charge in [0.1, 0.15) is 0 Å². The van der Waals surface area contributed by atoms with Gasteiger partial charge in [-0.3, -0.25) is 4.79 Å². The maximum Gasteiger partial charge on any atom is 0.492 e. The number of rotatable bonds is 6. The Bertz CT molecular complexity index is 771. The number of aliphatic hydroxyl groups is 1. The number of ether oxygens (including phenoxy) is 2. The van der Waals surface area contributed by atoms with Gasteiger partial charge in [-0.15, -0.1) is 0 Å². The summed E-state index contributed by atoms with van der Waals surface area (Å²) < 4.78 is 15.9. The minimum atomic E-state index is -1.52. The Morgan fingerprint density at radius 2 is 2.03 bits per heavy atom. The Morgan fingerprint density at radius 1 is 1.34 bits per heavy atom. The zero-order chi connectivity index (χ0) is 21.2. The van der Waals surface area contributed by atoms with E-state index in [0.29, 0.717) is 29.8 Å². The van der Waals surface area contributed by atoms with E-state index in [2.05, 4.69) is 5.32 Å². The van der Waals surface area contributed by atoms with E-state index in [1.807, 2.05) is 0 Å². The Balaban J connectivity index is 1.71. The van der Waals surface area contributed by atoms with Crippen LogP contribution in [0.5, 0.6) is 0 Å². The highest BCUT2D eigenvalue weighted by molar-refractivity contribution is 6.62. The van der Waals surface area contributed by atoms with Crippen LogP contribution in [-0.4, -0.2) is 60.6 Å². The van der Waals surface area contributed by atoms with Crippen LogP contribution in [0.3, 0.4) is 0 Å². The molecule has 0 unspecified atom stereocenters. The van der Waals surface area contributed by atoms with Crippen LogP contribution in [0.25, 0.3) is 0 Å². The highest BCUT2D eigenvalue weighted by Gasteiger charge is 2.38. The fraction of sp³-hybridized carbons (Fsp3) is 0.600. The van der Waals surface area contributed by atoms with Crippen LogP contribution in [0.15, 0.2) is 12.1 Å². The molecule has 1 atom stereocenters. The number of amides is 1. The average molecular weight is 405 g/mol. The van der Waals surface area contributed by atoms with E-state index in [0.717, 1.165) is 18.4 Å². The topological polar surface area (TPSA) is 114 Å². The molecule has 1 saturated heterocycles. The first-order valence-corrected chi connectivity index (χ1v) is 9.88. The third kappa shape index (κ3) is 4.98. The number of esters is 1. The summed E-state index contributed by atoms with van der Waals surface area (Å²) in [6.07, 6.45) is 1.62. The van der Waals surface area contributed by atoms with Gasteiger partial charge in [0.2, 0.25) is 0 Å². The van der Waals surface area contributed by atoms with Gasteiger partial charge >= 0.3 is 13.1 Å². The smallest absolute Gasteiger partial charge is 0.464 e. The van der Waals surface area contributed by atoms with Gasteiger partial charge in [-0.25, -0.2) is 4.79 Å². The number of hydrogen-bond acceptors (Lipinski definition) is 7. The molecule has 0 aliphatic carbocycles. The highest BCUT2D eigenvalue weighted by atomic mass is 16.5. The van der Waals surface area contributed by atoms with E-state index < -0.39 is 30.6 Å². The standard InChI is InChI=1S/C20H28BNO7/c1-12-15(5-4-14-11-29-21(26)16(12)14)18(23)22-17(20(2,3)25)19(24)28-10-13-6-8-27-9-7-13/h4-5,13,17,25-26H,6-11H2,1-3H3,(H,22,23)/t17-/m1/s1. The molecule has 2 aliphatic heterocycles. The van der Waals surface area contributed by atoms with Gasteiger partial charge in [0.25, 0.3) is 5.91 Å². The quantitative estimate of drug-likeness (QED) is 0.453. The van der Waals surface area contributed by atoms with E-state index >= 15 is 0 Å². The van der Waals surface area contributed by atoms with Crippen molar-refractivity contribution in [3.8, 4) is 0 Å². The summed E-state index contributed by atoms with van der Waals surface area (Å²) in [6, 6.07) is 2.11. The van der Waals surface area contributed by atoms with E-state index in [9.17, 15) is 19.7 Å². The molecule has 158 valence electrons. The Kier molecular flexibility index (Phi) is 6.63. The molecular weight excluding hydrogens is 377 g/mol.